The van der Waals surface area contributed by atoms with Crippen LogP contribution in [0.5, 0.6) is 0 Å². The second-order valence-corrected chi connectivity index (χ2v) is 4.02. The first-order chi connectivity index (χ1) is 8.19. The molecule has 0 N–H and O–H groups in total. The zero-order valence-corrected chi connectivity index (χ0v) is 9.94. The number of aryl methyl sites for hydroxylation is 2. The molecule has 1 heterocycles. The lowest BCUT2D eigenvalue weighted by Gasteiger charge is -2.05. The molecule has 0 aliphatic rings. The molecule has 0 radical (unpaired) electrons. The fourth-order valence-electron chi connectivity index (χ4n) is 1.73. The van der Waals surface area contributed by atoms with Gasteiger partial charge in [0, 0.05) is 11.3 Å². The van der Waals surface area contributed by atoms with Crippen LogP contribution < -0.4 is 0 Å². The predicted octanol–water partition coefficient (Wildman–Crippen LogP) is 2.83. The summed E-state index contributed by atoms with van der Waals surface area (Å²) in [6.07, 6.45) is 0.250. The number of aromatic nitrogens is 2. The van der Waals surface area contributed by atoms with Gasteiger partial charge in [0.05, 0.1) is 18.2 Å². The molecule has 0 spiro atoms. The summed E-state index contributed by atoms with van der Waals surface area (Å²) < 4.78 is 0. The number of nitriles is 1. The number of nitrogens with zero attached hydrogens (tertiary/aromatic N) is 3. The van der Waals surface area contributed by atoms with Crippen LogP contribution in [0.15, 0.2) is 30.3 Å². The van der Waals surface area contributed by atoms with Crippen LogP contribution in [0.2, 0.25) is 0 Å². The lowest BCUT2D eigenvalue weighted by molar-refractivity contribution is 0.969. The largest absolute Gasteiger partial charge is 0.237 e. The maximum atomic E-state index is 8.69. The smallest absolute Gasteiger partial charge is 0.143 e. The summed E-state index contributed by atoms with van der Waals surface area (Å²) >= 11 is 0. The van der Waals surface area contributed by atoms with Crippen molar-refractivity contribution < 1.29 is 0 Å². The minimum atomic E-state index is 0.250. The summed E-state index contributed by atoms with van der Waals surface area (Å²) in [6.45, 7) is 3.97. The lowest BCUT2D eigenvalue weighted by Crippen LogP contribution is -1.98. The fraction of sp³-hybridized carbons (Fsp3) is 0.214. The maximum absolute atomic E-state index is 8.69. The van der Waals surface area contributed by atoms with Gasteiger partial charge in [-0.15, -0.1) is 0 Å². The first-order valence-electron chi connectivity index (χ1n) is 5.47. The second-order valence-electron chi connectivity index (χ2n) is 4.02. The third-order valence-electron chi connectivity index (χ3n) is 2.45. The normalized spacial score (nSPS) is 9.94. The molecule has 0 bridgehead atoms. The van der Waals surface area contributed by atoms with E-state index in [0.29, 0.717) is 5.82 Å². The summed E-state index contributed by atoms with van der Waals surface area (Å²) in [4.78, 5) is 8.64. The molecule has 2 rings (SSSR count). The van der Waals surface area contributed by atoms with Crippen molar-refractivity contribution in [2.45, 2.75) is 20.3 Å². The zero-order valence-electron chi connectivity index (χ0n) is 9.94. The first-order valence-corrected chi connectivity index (χ1v) is 5.47. The third-order valence-corrected chi connectivity index (χ3v) is 2.45. The Labute approximate surface area is 101 Å². The van der Waals surface area contributed by atoms with E-state index < -0.39 is 0 Å². The Morgan fingerprint density at radius 1 is 1.18 bits per heavy atom. The Morgan fingerprint density at radius 2 is 2.00 bits per heavy atom. The van der Waals surface area contributed by atoms with Gasteiger partial charge in [-0.25, -0.2) is 9.97 Å². The van der Waals surface area contributed by atoms with E-state index in [2.05, 4.69) is 22.1 Å². The zero-order chi connectivity index (χ0) is 12.3. The molecule has 0 saturated carbocycles. The van der Waals surface area contributed by atoms with Crippen molar-refractivity contribution in [2.75, 3.05) is 0 Å². The SMILES string of the molecule is Cc1cccc(-c2cc(C)nc(CC#N)n2)c1. The molecular formula is C14H13N3. The quantitative estimate of drug-likeness (QED) is 0.786. The molecular weight excluding hydrogens is 210 g/mol. The Balaban J connectivity index is 2.49. The van der Waals surface area contributed by atoms with E-state index in [9.17, 15) is 0 Å². The van der Waals surface area contributed by atoms with Gasteiger partial charge in [-0.1, -0.05) is 23.8 Å². The standard InChI is InChI=1S/C14H13N3/c1-10-4-3-5-12(8-10)13-9-11(2)16-14(17-13)6-7-15/h3-5,8-9H,6H2,1-2H3. The Morgan fingerprint density at radius 3 is 2.71 bits per heavy atom. The van der Waals surface area contributed by atoms with Gasteiger partial charge < -0.3 is 0 Å². The van der Waals surface area contributed by atoms with Gasteiger partial charge in [-0.2, -0.15) is 5.26 Å². The van der Waals surface area contributed by atoms with Gasteiger partial charge in [0.2, 0.25) is 0 Å². The summed E-state index contributed by atoms with van der Waals surface area (Å²) in [5, 5.41) is 8.69. The maximum Gasteiger partial charge on any atom is 0.143 e. The Kier molecular flexibility index (Phi) is 3.15. The van der Waals surface area contributed by atoms with Gasteiger partial charge in [-0.3, -0.25) is 0 Å². The number of hydrogen-bond acceptors (Lipinski definition) is 3. The van der Waals surface area contributed by atoms with Crippen LogP contribution >= 0.6 is 0 Å². The van der Waals surface area contributed by atoms with Gasteiger partial charge >= 0.3 is 0 Å². The average Bonchev–Trinajstić information content (AvgIpc) is 2.28. The van der Waals surface area contributed by atoms with Crippen molar-refractivity contribution in [3.05, 3.63) is 47.4 Å². The van der Waals surface area contributed by atoms with Crippen molar-refractivity contribution in [2.24, 2.45) is 0 Å². The number of benzene rings is 1. The predicted molar refractivity (Wildman–Crippen MR) is 66.3 cm³/mol. The molecule has 0 aliphatic carbocycles. The molecule has 0 saturated heterocycles. The Bertz CT molecular complexity index is 582. The van der Waals surface area contributed by atoms with Crippen molar-refractivity contribution in [1.82, 2.24) is 9.97 Å². The Hall–Kier alpha value is -2.21. The monoisotopic (exact) mass is 223 g/mol. The summed E-state index contributed by atoms with van der Waals surface area (Å²) in [5.74, 6) is 0.587. The molecule has 0 fully saturated rings. The molecule has 1 aromatic heterocycles. The van der Waals surface area contributed by atoms with E-state index in [1.807, 2.05) is 38.1 Å². The van der Waals surface area contributed by atoms with Crippen molar-refractivity contribution >= 4 is 0 Å². The van der Waals surface area contributed by atoms with E-state index in [1.165, 1.54) is 5.56 Å². The van der Waals surface area contributed by atoms with E-state index in [0.717, 1.165) is 17.0 Å². The molecule has 84 valence electrons. The molecule has 0 unspecified atom stereocenters. The molecule has 3 nitrogen and oxygen atoms in total. The van der Waals surface area contributed by atoms with Gasteiger partial charge in [-0.05, 0) is 26.0 Å². The summed E-state index contributed by atoms with van der Waals surface area (Å²) in [6, 6.07) is 12.2. The molecule has 0 amide bonds. The highest BCUT2D eigenvalue weighted by Crippen LogP contribution is 2.19. The van der Waals surface area contributed by atoms with Crippen molar-refractivity contribution in [1.29, 1.82) is 5.26 Å². The number of hydrogen-bond donors (Lipinski definition) is 0. The van der Waals surface area contributed by atoms with E-state index in [4.69, 9.17) is 5.26 Å². The minimum Gasteiger partial charge on any atom is -0.237 e. The number of rotatable bonds is 2. The van der Waals surface area contributed by atoms with E-state index >= 15 is 0 Å². The molecule has 3 heteroatoms. The molecule has 17 heavy (non-hydrogen) atoms. The lowest BCUT2D eigenvalue weighted by atomic mass is 10.1. The molecule has 0 aliphatic heterocycles. The van der Waals surface area contributed by atoms with Crippen LogP contribution in [0.4, 0.5) is 0 Å². The minimum absolute atomic E-state index is 0.250. The van der Waals surface area contributed by atoms with E-state index in [-0.39, 0.29) is 6.42 Å². The van der Waals surface area contributed by atoms with E-state index in [1.54, 1.807) is 0 Å². The fourth-order valence-corrected chi connectivity index (χ4v) is 1.73. The molecule has 1 aromatic carbocycles. The van der Waals surface area contributed by atoms with Crippen LogP contribution in [0.25, 0.3) is 11.3 Å². The van der Waals surface area contributed by atoms with Gasteiger partial charge in [0.25, 0.3) is 0 Å². The van der Waals surface area contributed by atoms with Crippen molar-refractivity contribution in [3.63, 3.8) is 0 Å². The molecule has 2 aromatic rings. The van der Waals surface area contributed by atoms with Crippen LogP contribution in [0.1, 0.15) is 17.1 Å². The highest BCUT2D eigenvalue weighted by atomic mass is 14.9. The van der Waals surface area contributed by atoms with Gasteiger partial charge in [0.1, 0.15) is 5.82 Å². The first kappa shape index (κ1) is 11.3. The third kappa shape index (κ3) is 2.67. The molecule has 0 atom stereocenters. The topological polar surface area (TPSA) is 49.6 Å². The highest BCUT2D eigenvalue weighted by Gasteiger charge is 2.04. The average molecular weight is 223 g/mol. The summed E-state index contributed by atoms with van der Waals surface area (Å²) in [7, 11) is 0. The summed E-state index contributed by atoms with van der Waals surface area (Å²) in [5.41, 5.74) is 4.03. The van der Waals surface area contributed by atoms with Crippen molar-refractivity contribution in [3.8, 4) is 17.3 Å². The van der Waals surface area contributed by atoms with Crippen LogP contribution in [0, 0.1) is 25.2 Å². The highest BCUT2D eigenvalue weighted by molar-refractivity contribution is 5.60. The second kappa shape index (κ2) is 4.75. The van der Waals surface area contributed by atoms with Crippen LogP contribution in [-0.2, 0) is 6.42 Å². The van der Waals surface area contributed by atoms with Crippen LogP contribution in [-0.4, -0.2) is 9.97 Å². The van der Waals surface area contributed by atoms with Crippen LogP contribution in [0.3, 0.4) is 0 Å². The van der Waals surface area contributed by atoms with Gasteiger partial charge in [0.15, 0.2) is 0 Å².